The van der Waals surface area contributed by atoms with E-state index in [-0.39, 0.29) is 18.0 Å². The summed E-state index contributed by atoms with van der Waals surface area (Å²) in [7, 11) is 0. The Bertz CT molecular complexity index is 842. The maximum absolute atomic E-state index is 12.3. The number of halogens is 1. The molecule has 1 saturated heterocycles. The Morgan fingerprint density at radius 3 is 2.29 bits per heavy atom. The van der Waals surface area contributed by atoms with Crippen LogP contribution in [-0.4, -0.2) is 35.1 Å². The average molecular weight is 401 g/mol. The Morgan fingerprint density at radius 1 is 1.11 bits per heavy atom. The summed E-state index contributed by atoms with van der Waals surface area (Å²) < 4.78 is 5.45. The molecule has 0 spiro atoms. The Labute approximate surface area is 170 Å². The lowest BCUT2D eigenvalue weighted by Crippen LogP contribution is -2.53. The van der Waals surface area contributed by atoms with E-state index in [9.17, 15) is 9.59 Å². The van der Waals surface area contributed by atoms with Crippen molar-refractivity contribution >= 4 is 29.3 Å². The van der Waals surface area contributed by atoms with Crippen molar-refractivity contribution in [1.29, 1.82) is 0 Å². The van der Waals surface area contributed by atoms with Crippen molar-refractivity contribution in [3.05, 3.63) is 64.7 Å². The zero-order valence-corrected chi connectivity index (χ0v) is 17.1. The van der Waals surface area contributed by atoms with Crippen molar-refractivity contribution in [2.45, 2.75) is 45.3 Å². The highest BCUT2D eigenvalue weighted by Gasteiger charge is 2.35. The first-order chi connectivity index (χ1) is 13.2. The standard InChI is InChI=1S/C22H25ClN2O3/c1-22(2,3)28-21(27)25-13-12-19(25)14-15-4-10-18(11-5-15)24-20(26)16-6-8-17(23)9-7-16/h4-11,19H,12-14H2,1-3H3,(H,24,26)/t19-/m1/s1. The first-order valence-corrected chi connectivity index (χ1v) is 9.74. The molecule has 1 aliphatic heterocycles. The third-order valence-electron chi connectivity index (χ3n) is 4.56. The lowest BCUT2D eigenvalue weighted by molar-refractivity contribution is -0.00499. The van der Waals surface area contributed by atoms with Crippen LogP contribution in [-0.2, 0) is 11.2 Å². The summed E-state index contributed by atoms with van der Waals surface area (Å²) >= 11 is 5.85. The van der Waals surface area contributed by atoms with Crippen LogP contribution in [0.1, 0.15) is 43.1 Å². The van der Waals surface area contributed by atoms with E-state index in [0.717, 1.165) is 30.6 Å². The van der Waals surface area contributed by atoms with Gasteiger partial charge in [0.05, 0.1) is 0 Å². The van der Waals surface area contributed by atoms with Crippen molar-refractivity contribution in [3.63, 3.8) is 0 Å². The number of hydrogen-bond acceptors (Lipinski definition) is 3. The van der Waals surface area contributed by atoms with E-state index < -0.39 is 5.60 Å². The van der Waals surface area contributed by atoms with Gasteiger partial charge in [-0.3, -0.25) is 4.79 Å². The summed E-state index contributed by atoms with van der Waals surface area (Å²) in [6.07, 6.45) is 1.48. The Kier molecular flexibility index (Phi) is 5.94. The third-order valence-corrected chi connectivity index (χ3v) is 4.81. The zero-order chi connectivity index (χ0) is 20.3. The predicted octanol–water partition coefficient (Wildman–Crippen LogP) is 5.14. The van der Waals surface area contributed by atoms with Crippen molar-refractivity contribution < 1.29 is 14.3 Å². The second-order valence-corrected chi connectivity index (χ2v) is 8.41. The van der Waals surface area contributed by atoms with Crippen LogP contribution in [0.2, 0.25) is 5.02 Å². The Morgan fingerprint density at radius 2 is 1.75 bits per heavy atom. The molecule has 0 saturated carbocycles. The van der Waals surface area contributed by atoms with Gasteiger partial charge in [-0.1, -0.05) is 23.7 Å². The highest BCUT2D eigenvalue weighted by atomic mass is 35.5. The molecule has 28 heavy (non-hydrogen) atoms. The molecule has 1 heterocycles. The molecule has 0 aromatic heterocycles. The molecule has 6 heteroatoms. The van der Waals surface area contributed by atoms with Crippen LogP contribution in [0.25, 0.3) is 0 Å². The summed E-state index contributed by atoms with van der Waals surface area (Å²) in [6.45, 7) is 6.35. The fourth-order valence-corrected chi connectivity index (χ4v) is 3.14. The number of rotatable bonds is 4. The number of benzene rings is 2. The van der Waals surface area contributed by atoms with Gasteiger partial charge >= 0.3 is 6.09 Å². The summed E-state index contributed by atoms with van der Waals surface area (Å²) in [5.74, 6) is -0.181. The number of ether oxygens (including phenoxy) is 1. The number of likely N-dealkylation sites (tertiary alicyclic amines) is 1. The highest BCUT2D eigenvalue weighted by molar-refractivity contribution is 6.30. The second kappa shape index (κ2) is 8.23. The topological polar surface area (TPSA) is 58.6 Å². The molecule has 0 unspecified atom stereocenters. The van der Waals surface area contributed by atoms with Crippen LogP contribution >= 0.6 is 11.6 Å². The number of nitrogens with zero attached hydrogens (tertiary/aromatic N) is 1. The van der Waals surface area contributed by atoms with Crippen LogP contribution in [0.5, 0.6) is 0 Å². The van der Waals surface area contributed by atoms with E-state index in [4.69, 9.17) is 16.3 Å². The minimum absolute atomic E-state index is 0.157. The number of nitrogens with one attached hydrogen (secondary N) is 1. The van der Waals surface area contributed by atoms with Crippen molar-refractivity contribution in [1.82, 2.24) is 4.90 Å². The van der Waals surface area contributed by atoms with Crippen LogP contribution < -0.4 is 5.32 Å². The fourth-order valence-electron chi connectivity index (χ4n) is 3.01. The molecule has 0 aliphatic carbocycles. The molecule has 1 N–H and O–H groups in total. The van der Waals surface area contributed by atoms with Crippen LogP contribution in [0.4, 0.5) is 10.5 Å². The molecule has 0 bridgehead atoms. The summed E-state index contributed by atoms with van der Waals surface area (Å²) in [6, 6.07) is 14.6. The van der Waals surface area contributed by atoms with Gasteiger partial charge < -0.3 is 15.0 Å². The van der Waals surface area contributed by atoms with E-state index in [2.05, 4.69) is 5.32 Å². The first kappa shape index (κ1) is 20.2. The zero-order valence-electron chi connectivity index (χ0n) is 16.4. The molecule has 2 aromatic rings. The molecule has 2 amide bonds. The van der Waals surface area contributed by atoms with Crippen molar-refractivity contribution in [2.24, 2.45) is 0 Å². The van der Waals surface area contributed by atoms with E-state index in [1.54, 1.807) is 29.2 Å². The second-order valence-electron chi connectivity index (χ2n) is 7.98. The van der Waals surface area contributed by atoms with Crippen molar-refractivity contribution in [3.8, 4) is 0 Å². The molecular weight excluding hydrogens is 376 g/mol. The largest absolute Gasteiger partial charge is 0.444 e. The van der Waals surface area contributed by atoms with E-state index in [1.165, 1.54) is 0 Å². The van der Waals surface area contributed by atoms with Gasteiger partial charge in [-0.05, 0) is 75.6 Å². The lowest BCUT2D eigenvalue weighted by atomic mass is 9.95. The normalized spacial score (nSPS) is 16.3. The van der Waals surface area contributed by atoms with E-state index in [1.807, 2.05) is 45.0 Å². The van der Waals surface area contributed by atoms with Gasteiger partial charge in [0.15, 0.2) is 0 Å². The SMILES string of the molecule is CC(C)(C)OC(=O)N1CC[C@@H]1Cc1ccc(NC(=O)c2ccc(Cl)cc2)cc1. The fraction of sp³-hybridized carbons (Fsp3) is 0.364. The van der Waals surface area contributed by atoms with Gasteiger partial charge in [0, 0.05) is 28.9 Å². The summed E-state index contributed by atoms with van der Waals surface area (Å²) in [5.41, 5.74) is 1.90. The predicted molar refractivity (Wildman–Crippen MR) is 111 cm³/mol. The molecule has 148 valence electrons. The number of carbonyl (C=O) groups is 2. The Hall–Kier alpha value is -2.53. The van der Waals surface area contributed by atoms with Gasteiger partial charge in [-0.2, -0.15) is 0 Å². The first-order valence-electron chi connectivity index (χ1n) is 9.37. The van der Waals surface area contributed by atoms with Gasteiger partial charge in [-0.15, -0.1) is 0 Å². The van der Waals surface area contributed by atoms with Gasteiger partial charge in [-0.25, -0.2) is 4.79 Å². The molecule has 1 aliphatic rings. The van der Waals surface area contributed by atoms with Gasteiger partial charge in [0.1, 0.15) is 5.60 Å². The van der Waals surface area contributed by atoms with Crippen LogP contribution in [0.15, 0.2) is 48.5 Å². The summed E-state index contributed by atoms with van der Waals surface area (Å²) in [4.78, 5) is 26.3. The lowest BCUT2D eigenvalue weighted by Gasteiger charge is -2.41. The minimum atomic E-state index is -0.485. The number of hydrogen-bond donors (Lipinski definition) is 1. The molecule has 2 aromatic carbocycles. The number of anilines is 1. The molecule has 3 rings (SSSR count). The smallest absolute Gasteiger partial charge is 0.410 e. The van der Waals surface area contributed by atoms with Crippen LogP contribution in [0.3, 0.4) is 0 Å². The number of amides is 2. The monoisotopic (exact) mass is 400 g/mol. The molecule has 1 atom stereocenters. The molecule has 1 fully saturated rings. The highest BCUT2D eigenvalue weighted by Crippen LogP contribution is 2.25. The van der Waals surface area contributed by atoms with Crippen LogP contribution in [0, 0.1) is 0 Å². The quantitative estimate of drug-likeness (QED) is 0.772. The minimum Gasteiger partial charge on any atom is -0.444 e. The molecule has 0 radical (unpaired) electrons. The molecular formula is C22H25ClN2O3. The third kappa shape index (κ3) is 5.26. The maximum Gasteiger partial charge on any atom is 0.410 e. The summed E-state index contributed by atoms with van der Waals surface area (Å²) in [5, 5.41) is 3.47. The van der Waals surface area contributed by atoms with Gasteiger partial charge in [0.2, 0.25) is 0 Å². The number of carbonyl (C=O) groups excluding carboxylic acids is 2. The van der Waals surface area contributed by atoms with Gasteiger partial charge in [0.25, 0.3) is 5.91 Å². The van der Waals surface area contributed by atoms with E-state index in [0.29, 0.717) is 10.6 Å². The van der Waals surface area contributed by atoms with E-state index >= 15 is 0 Å². The average Bonchev–Trinajstić information content (AvgIpc) is 2.59. The van der Waals surface area contributed by atoms with Crippen molar-refractivity contribution in [2.75, 3.05) is 11.9 Å². The maximum atomic E-state index is 12.3. The Balaban J connectivity index is 1.55. The molecule has 5 nitrogen and oxygen atoms in total.